The molecule has 2 aromatic carbocycles. The molecule has 23 heavy (non-hydrogen) atoms. The van der Waals surface area contributed by atoms with Crippen LogP contribution in [0.3, 0.4) is 0 Å². The third-order valence-electron chi connectivity index (χ3n) is 3.49. The number of hydrogen-bond acceptors (Lipinski definition) is 3. The van der Waals surface area contributed by atoms with Gasteiger partial charge < -0.3 is 10.1 Å². The second-order valence-electron chi connectivity index (χ2n) is 5.25. The van der Waals surface area contributed by atoms with E-state index in [4.69, 9.17) is 16.3 Å². The van der Waals surface area contributed by atoms with Crippen LogP contribution in [-0.4, -0.2) is 18.5 Å². The summed E-state index contributed by atoms with van der Waals surface area (Å²) in [5.74, 6) is -0.972. The Bertz CT molecular complexity index is 728. The Morgan fingerprint density at radius 2 is 1.83 bits per heavy atom. The molecule has 0 radical (unpaired) electrons. The van der Waals surface area contributed by atoms with Crippen LogP contribution in [0.1, 0.15) is 27.0 Å². The number of halogens is 1. The van der Waals surface area contributed by atoms with Crippen molar-refractivity contribution in [2.75, 3.05) is 6.61 Å². The van der Waals surface area contributed by atoms with Crippen molar-refractivity contribution in [1.82, 2.24) is 5.32 Å². The smallest absolute Gasteiger partial charge is 0.340 e. The molecule has 2 rings (SSSR count). The highest BCUT2D eigenvalue weighted by Gasteiger charge is 2.13. The van der Waals surface area contributed by atoms with Crippen molar-refractivity contribution in [3.05, 3.63) is 69.7 Å². The van der Waals surface area contributed by atoms with Crippen molar-refractivity contribution in [2.24, 2.45) is 0 Å². The molecule has 0 aliphatic carbocycles. The summed E-state index contributed by atoms with van der Waals surface area (Å²) in [5.41, 5.74) is 3.62. The van der Waals surface area contributed by atoms with Crippen molar-refractivity contribution in [3.63, 3.8) is 0 Å². The van der Waals surface area contributed by atoms with Crippen molar-refractivity contribution >= 4 is 23.5 Å². The number of carbonyl (C=O) groups is 2. The highest BCUT2D eigenvalue weighted by Crippen LogP contribution is 2.15. The van der Waals surface area contributed by atoms with E-state index < -0.39 is 5.97 Å². The number of amides is 1. The Labute approximate surface area is 140 Å². The maximum absolute atomic E-state index is 11.8. The van der Waals surface area contributed by atoms with Gasteiger partial charge in [-0.2, -0.15) is 0 Å². The molecule has 0 saturated carbocycles. The molecular formula is C18H18ClNO3. The molecule has 0 atom stereocenters. The van der Waals surface area contributed by atoms with Gasteiger partial charge in [-0.3, -0.25) is 4.79 Å². The Kier molecular flexibility index (Phi) is 5.77. The van der Waals surface area contributed by atoms with E-state index in [9.17, 15) is 9.59 Å². The average Bonchev–Trinajstić information content (AvgIpc) is 2.54. The Morgan fingerprint density at radius 1 is 1.09 bits per heavy atom. The number of carbonyl (C=O) groups excluding carboxylic acids is 2. The van der Waals surface area contributed by atoms with Crippen LogP contribution >= 0.6 is 11.6 Å². The Balaban J connectivity index is 1.82. The van der Waals surface area contributed by atoms with Crippen molar-refractivity contribution < 1.29 is 14.3 Å². The molecule has 0 aliphatic heterocycles. The fourth-order valence-electron chi connectivity index (χ4n) is 2.00. The van der Waals surface area contributed by atoms with Crippen LogP contribution < -0.4 is 5.32 Å². The molecule has 0 aromatic heterocycles. The number of hydrogen-bond donors (Lipinski definition) is 1. The maximum atomic E-state index is 11.8. The van der Waals surface area contributed by atoms with Gasteiger partial charge in [0.25, 0.3) is 5.91 Å². The number of nitrogens with one attached hydrogen (secondary N) is 1. The minimum atomic E-state index is -0.614. The van der Waals surface area contributed by atoms with Gasteiger partial charge in [0.1, 0.15) is 0 Å². The SMILES string of the molecule is Cc1ccc(CNC(=O)COC(=O)c2ccccc2Cl)cc1C. The van der Waals surface area contributed by atoms with Gasteiger partial charge in [0.2, 0.25) is 0 Å². The van der Waals surface area contributed by atoms with Gasteiger partial charge in [0.05, 0.1) is 10.6 Å². The van der Waals surface area contributed by atoms with Crippen molar-refractivity contribution in [1.29, 1.82) is 0 Å². The van der Waals surface area contributed by atoms with Crippen LogP contribution in [0, 0.1) is 13.8 Å². The van der Waals surface area contributed by atoms with Gasteiger partial charge in [-0.05, 0) is 42.7 Å². The first-order chi connectivity index (χ1) is 11.0. The zero-order chi connectivity index (χ0) is 16.8. The second kappa shape index (κ2) is 7.79. The first-order valence-corrected chi connectivity index (χ1v) is 7.59. The molecule has 0 spiro atoms. The standard InChI is InChI=1S/C18H18ClNO3/c1-12-7-8-14(9-13(12)2)10-20-17(21)11-23-18(22)15-5-3-4-6-16(15)19/h3-9H,10-11H2,1-2H3,(H,20,21). The molecule has 0 unspecified atom stereocenters. The van der Waals surface area contributed by atoms with Gasteiger partial charge in [-0.15, -0.1) is 0 Å². The predicted molar refractivity (Wildman–Crippen MR) is 89.5 cm³/mol. The largest absolute Gasteiger partial charge is 0.452 e. The lowest BCUT2D eigenvalue weighted by atomic mass is 10.1. The minimum Gasteiger partial charge on any atom is -0.452 e. The van der Waals surface area contributed by atoms with E-state index in [-0.39, 0.29) is 18.1 Å². The predicted octanol–water partition coefficient (Wildman–Crippen LogP) is 3.43. The zero-order valence-electron chi connectivity index (χ0n) is 13.1. The van der Waals surface area contributed by atoms with E-state index in [0.717, 1.165) is 5.56 Å². The zero-order valence-corrected chi connectivity index (χ0v) is 13.8. The molecule has 0 heterocycles. The van der Waals surface area contributed by atoms with Gasteiger partial charge in [0, 0.05) is 6.54 Å². The fourth-order valence-corrected chi connectivity index (χ4v) is 2.21. The highest BCUT2D eigenvalue weighted by molar-refractivity contribution is 6.33. The number of aryl methyl sites for hydroxylation is 2. The fraction of sp³-hybridized carbons (Fsp3) is 0.222. The lowest BCUT2D eigenvalue weighted by Crippen LogP contribution is -2.28. The van der Waals surface area contributed by atoms with E-state index in [0.29, 0.717) is 11.6 Å². The molecule has 4 nitrogen and oxygen atoms in total. The summed E-state index contributed by atoms with van der Waals surface area (Å²) in [6, 6.07) is 12.5. The number of esters is 1. The molecule has 0 aliphatic rings. The van der Waals surface area contributed by atoms with Gasteiger partial charge >= 0.3 is 5.97 Å². The first kappa shape index (κ1) is 17.0. The molecular weight excluding hydrogens is 314 g/mol. The third-order valence-corrected chi connectivity index (χ3v) is 3.82. The summed E-state index contributed by atoms with van der Waals surface area (Å²) in [5, 5.41) is 3.02. The van der Waals surface area contributed by atoms with E-state index in [1.165, 1.54) is 11.1 Å². The van der Waals surface area contributed by atoms with Crippen molar-refractivity contribution in [2.45, 2.75) is 20.4 Å². The van der Waals surface area contributed by atoms with E-state index >= 15 is 0 Å². The monoisotopic (exact) mass is 331 g/mol. The van der Waals surface area contributed by atoms with Crippen LogP contribution in [0.25, 0.3) is 0 Å². The highest BCUT2D eigenvalue weighted by atomic mass is 35.5. The van der Waals surface area contributed by atoms with Crippen LogP contribution in [0.2, 0.25) is 5.02 Å². The molecule has 0 fully saturated rings. The van der Waals surface area contributed by atoms with Crippen molar-refractivity contribution in [3.8, 4) is 0 Å². The third kappa shape index (κ3) is 4.83. The van der Waals surface area contributed by atoms with Gasteiger partial charge in [-0.1, -0.05) is 41.9 Å². The summed E-state index contributed by atoms with van der Waals surface area (Å²) in [4.78, 5) is 23.6. The molecule has 120 valence electrons. The van der Waals surface area contributed by atoms with E-state index in [1.807, 2.05) is 32.0 Å². The van der Waals surface area contributed by atoms with E-state index in [1.54, 1.807) is 24.3 Å². The molecule has 1 N–H and O–H groups in total. The van der Waals surface area contributed by atoms with E-state index in [2.05, 4.69) is 5.32 Å². The Hall–Kier alpha value is -2.33. The topological polar surface area (TPSA) is 55.4 Å². The van der Waals surface area contributed by atoms with Gasteiger partial charge in [0.15, 0.2) is 6.61 Å². The lowest BCUT2D eigenvalue weighted by molar-refractivity contribution is -0.124. The minimum absolute atomic E-state index is 0.246. The normalized spacial score (nSPS) is 10.2. The summed E-state index contributed by atoms with van der Waals surface area (Å²) >= 11 is 5.90. The van der Waals surface area contributed by atoms with Gasteiger partial charge in [-0.25, -0.2) is 4.79 Å². The average molecular weight is 332 g/mol. The van der Waals surface area contributed by atoms with Crippen LogP contribution in [0.15, 0.2) is 42.5 Å². The lowest BCUT2D eigenvalue weighted by Gasteiger charge is -2.09. The summed E-state index contributed by atoms with van der Waals surface area (Å²) in [7, 11) is 0. The van der Waals surface area contributed by atoms with Crippen LogP contribution in [0.5, 0.6) is 0 Å². The van der Waals surface area contributed by atoms with Crippen LogP contribution in [0.4, 0.5) is 0 Å². The quantitative estimate of drug-likeness (QED) is 0.854. The number of benzene rings is 2. The Morgan fingerprint density at radius 3 is 2.52 bits per heavy atom. The van der Waals surface area contributed by atoms with Crippen LogP contribution in [-0.2, 0) is 16.1 Å². The molecule has 2 aromatic rings. The molecule has 0 bridgehead atoms. The molecule has 1 amide bonds. The number of rotatable bonds is 5. The number of ether oxygens (including phenoxy) is 1. The second-order valence-corrected chi connectivity index (χ2v) is 5.66. The molecule has 5 heteroatoms. The maximum Gasteiger partial charge on any atom is 0.340 e. The summed E-state index contributed by atoms with van der Waals surface area (Å²) in [6.45, 7) is 4.11. The first-order valence-electron chi connectivity index (χ1n) is 7.22. The summed E-state index contributed by atoms with van der Waals surface area (Å²) in [6.07, 6.45) is 0. The summed E-state index contributed by atoms with van der Waals surface area (Å²) < 4.78 is 4.97. The molecule has 0 saturated heterocycles.